The van der Waals surface area contributed by atoms with E-state index >= 15 is 0 Å². The molecule has 0 heterocycles. The molecule has 0 aromatic carbocycles. The molecule has 0 radical (unpaired) electrons. The number of hydrogen-bond donors (Lipinski definition) is 2. The van der Waals surface area contributed by atoms with E-state index in [4.69, 9.17) is 5.26 Å². The quantitative estimate of drug-likeness (QED) is 0.360. The third-order valence-corrected chi connectivity index (χ3v) is 1.61. The first-order valence-electron chi connectivity index (χ1n) is 4.39. The average Bonchev–Trinajstić information content (AvgIpc) is 2.04. The number of rotatable bonds is 6. The maximum absolute atomic E-state index is 10.0. The fraction of sp³-hybridized carbons (Fsp3) is 0.778. The number of hydrazine groups is 1. The van der Waals surface area contributed by atoms with E-state index in [2.05, 4.69) is 30.8 Å². The highest BCUT2D eigenvalue weighted by Crippen LogP contribution is 2.14. The molecular formula is C9H17N3O. The van der Waals surface area contributed by atoms with Crippen molar-refractivity contribution in [2.45, 2.75) is 32.7 Å². The van der Waals surface area contributed by atoms with Crippen LogP contribution in [0.4, 0.5) is 0 Å². The molecule has 0 aromatic heterocycles. The van der Waals surface area contributed by atoms with Crippen LogP contribution in [-0.2, 0) is 4.79 Å². The van der Waals surface area contributed by atoms with Gasteiger partial charge in [-0.25, -0.2) is 10.9 Å². The summed E-state index contributed by atoms with van der Waals surface area (Å²) in [5.41, 5.74) is 4.93. The van der Waals surface area contributed by atoms with Gasteiger partial charge in [-0.2, -0.15) is 5.26 Å². The van der Waals surface area contributed by atoms with Gasteiger partial charge in [0.1, 0.15) is 11.8 Å². The molecule has 0 aliphatic carbocycles. The molecule has 0 aliphatic heterocycles. The molecule has 1 unspecified atom stereocenters. The van der Waals surface area contributed by atoms with Crippen molar-refractivity contribution >= 4 is 6.29 Å². The van der Waals surface area contributed by atoms with Crippen LogP contribution in [0.2, 0.25) is 0 Å². The van der Waals surface area contributed by atoms with Crippen LogP contribution in [0.15, 0.2) is 0 Å². The molecule has 0 aliphatic rings. The zero-order chi connectivity index (χ0) is 10.3. The fourth-order valence-corrected chi connectivity index (χ4v) is 1.23. The standard InChI is InChI=1S/C9H17N3O/c1-8(2)6-9(3,7-10)12-11-4-5-13/h5,8,11-12H,4,6H2,1-3H3. The number of nitrogens with zero attached hydrogens (tertiary/aromatic N) is 1. The zero-order valence-electron chi connectivity index (χ0n) is 8.42. The number of aldehydes is 1. The molecule has 0 saturated carbocycles. The highest BCUT2D eigenvalue weighted by Gasteiger charge is 2.23. The van der Waals surface area contributed by atoms with Gasteiger partial charge in [0.25, 0.3) is 0 Å². The lowest BCUT2D eigenvalue weighted by Gasteiger charge is -2.24. The van der Waals surface area contributed by atoms with Gasteiger partial charge >= 0.3 is 0 Å². The summed E-state index contributed by atoms with van der Waals surface area (Å²) >= 11 is 0. The van der Waals surface area contributed by atoms with Crippen LogP contribution >= 0.6 is 0 Å². The van der Waals surface area contributed by atoms with Crippen LogP contribution in [0.3, 0.4) is 0 Å². The Hall–Kier alpha value is -0.920. The minimum absolute atomic E-state index is 0.218. The summed E-state index contributed by atoms with van der Waals surface area (Å²) in [6.45, 7) is 6.13. The third kappa shape index (κ3) is 5.34. The summed E-state index contributed by atoms with van der Waals surface area (Å²) in [6.07, 6.45) is 1.50. The van der Waals surface area contributed by atoms with Gasteiger partial charge in [0.15, 0.2) is 0 Å². The Morgan fingerprint density at radius 1 is 1.62 bits per heavy atom. The molecule has 4 nitrogen and oxygen atoms in total. The van der Waals surface area contributed by atoms with Crippen LogP contribution in [0, 0.1) is 17.2 Å². The van der Waals surface area contributed by atoms with Gasteiger partial charge in [0.05, 0.1) is 12.6 Å². The number of hydrogen-bond acceptors (Lipinski definition) is 4. The van der Waals surface area contributed by atoms with Crippen LogP contribution in [0.25, 0.3) is 0 Å². The largest absolute Gasteiger partial charge is 0.302 e. The first-order valence-corrected chi connectivity index (χ1v) is 4.39. The van der Waals surface area contributed by atoms with E-state index < -0.39 is 5.54 Å². The van der Waals surface area contributed by atoms with Gasteiger partial charge in [-0.05, 0) is 19.3 Å². The van der Waals surface area contributed by atoms with E-state index in [1.54, 1.807) is 0 Å². The fourth-order valence-electron chi connectivity index (χ4n) is 1.23. The SMILES string of the molecule is CC(C)CC(C)(C#N)NNCC=O. The van der Waals surface area contributed by atoms with Gasteiger partial charge < -0.3 is 4.79 Å². The number of nitrogens with one attached hydrogen (secondary N) is 2. The van der Waals surface area contributed by atoms with Crippen LogP contribution in [-0.4, -0.2) is 18.4 Å². The number of nitriles is 1. The van der Waals surface area contributed by atoms with E-state index in [1.807, 2.05) is 6.92 Å². The number of carbonyl (C=O) groups is 1. The van der Waals surface area contributed by atoms with Gasteiger partial charge in [0.2, 0.25) is 0 Å². The Labute approximate surface area is 79.3 Å². The third-order valence-electron chi connectivity index (χ3n) is 1.61. The zero-order valence-corrected chi connectivity index (χ0v) is 8.42. The van der Waals surface area contributed by atoms with Gasteiger partial charge in [0, 0.05) is 0 Å². The molecule has 0 spiro atoms. The summed E-state index contributed by atoms with van der Waals surface area (Å²) in [7, 11) is 0. The summed E-state index contributed by atoms with van der Waals surface area (Å²) in [6, 6.07) is 2.18. The summed E-state index contributed by atoms with van der Waals surface area (Å²) in [5, 5.41) is 8.89. The summed E-state index contributed by atoms with van der Waals surface area (Å²) < 4.78 is 0. The molecule has 1 atom stereocenters. The first kappa shape index (κ1) is 12.1. The maximum Gasteiger partial charge on any atom is 0.135 e. The lowest BCUT2D eigenvalue weighted by atomic mass is 9.93. The second kappa shape index (κ2) is 5.68. The van der Waals surface area contributed by atoms with Crippen LogP contribution in [0.5, 0.6) is 0 Å². The van der Waals surface area contributed by atoms with Crippen molar-refractivity contribution in [1.29, 1.82) is 5.26 Å². The molecule has 0 saturated heterocycles. The number of carbonyl (C=O) groups excluding carboxylic acids is 1. The molecule has 4 heteroatoms. The Morgan fingerprint density at radius 3 is 2.62 bits per heavy atom. The van der Waals surface area contributed by atoms with Crippen molar-refractivity contribution in [2.24, 2.45) is 5.92 Å². The molecule has 2 N–H and O–H groups in total. The molecule has 74 valence electrons. The highest BCUT2D eigenvalue weighted by atomic mass is 16.1. The van der Waals surface area contributed by atoms with Crippen LogP contribution in [0.1, 0.15) is 27.2 Å². The minimum Gasteiger partial charge on any atom is -0.302 e. The highest BCUT2D eigenvalue weighted by molar-refractivity contribution is 5.51. The Kier molecular flexibility index (Phi) is 5.28. The lowest BCUT2D eigenvalue weighted by Crippen LogP contribution is -2.50. The lowest BCUT2D eigenvalue weighted by molar-refractivity contribution is -0.107. The smallest absolute Gasteiger partial charge is 0.135 e. The summed E-state index contributed by atoms with van der Waals surface area (Å²) in [4.78, 5) is 10.0. The molecule has 0 bridgehead atoms. The second-order valence-electron chi connectivity index (χ2n) is 3.71. The Morgan fingerprint density at radius 2 is 2.23 bits per heavy atom. The topological polar surface area (TPSA) is 64.9 Å². The minimum atomic E-state index is -0.600. The van der Waals surface area contributed by atoms with Crippen LogP contribution < -0.4 is 10.9 Å². The van der Waals surface area contributed by atoms with E-state index in [0.717, 1.165) is 12.7 Å². The molecule has 13 heavy (non-hydrogen) atoms. The molecule has 0 amide bonds. The van der Waals surface area contributed by atoms with Crippen molar-refractivity contribution < 1.29 is 4.79 Å². The van der Waals surface area contributed by atoms with Gasteiger partial charge in [-0.15, -0.1) is 0 Å². The van der Waals surface area contributed by atoms with Crippen molar-refractivity contribution in [3.8, 4) is 6.07 Å². The van der Waals surface area contributed by atoms with Gasteiger partial charge in [-0.3, -0.25) is 0 Å². The molecular weight excluding hydrogens is 166 g/mol. The Bertz CT molecular complexity index is 198. The van der Waals surface area contributed by atoms with E-state index in [0.29, 0.717) is 5.92 Å². The van der Waals surface area contributed by atoms with Crippen molar-refractivity contribution in [3.63, 3.8) is 0 Å². The van der Waals surface area contributed by atoms with E-state index in [1.165, 1.54) is 0 Å². The molecule has 0 aromatic rings. The summed E-state index contributed by atoms with van der Waals surface area (Å²) in [5.74, 6) is 0.440. The van der Waals surface area contributed by atoms with E-state index in [9.17, 15) is 4.79 Å². The second-order valence-corrected chi connectivity index (χ2v) is 3.71. The molecule has 0 fully saturated rings. The van der Waals surface area contributed by atoms with Crippen molar-refractivity contribution in [1.82, 2.24) is 10.9 Å². The Balaban J connectivity index is 3.98. The van der Waals surface area contributed by atoms with Gasteiger partial charge in [-0.1, -0.05) is 13.8 Å². The molecule has 0 rings (SSSR count). The maximum atomic E-state index is 10.0. The predicted octanol–water partition coefficient (Wildman–Crippen LogP) is 0.608. The first-order chi connectivity index (χ1) is 6.04. The normalized spacial score (nSPS) is 15.0. The van der Waals surface area contributed by atoms with Crippen molar-refractivity contribution in [3.05, 3.63) is 0 Å². The van der Waals surface area contributed by atoms with E-state index in [-0.39, 0.29) is 6.54 Å². The van der Waals surface area contributed by atoms with Crippen molar-refractivity contribution in [2.75, 3.05) is 6.54 Å². The predicted molar refractivity (Wildman–Crippen MR) is 50.7 cm³/mol. The monoisotopic (exact) mass is 183 g/mol. The average molecular weight is 183 g/mol.